The Kier molecular flexibility index (Phi) is 3.22. The van der Waals surface area contributed by atoms with Crippen molar-refractivity contribution in [3.8, 4) is 0 Å². The van der Waals surface area contributed by atoms with Crippen LogP contribution >= 0.6 is 11.3 Å². The van der Waals surface area contributed by atoms with Crippen molar-refractivity contribution in [3.05, 3.63) is 24.3 Å². The van der Waals surface area contributed by atoms with E-state index in [0.29, 0.717) is 12.5 Å². The molecule has 1 saturated heterocycles. The summed E-state index contributed by atoms with van der Waals surface area (Å²) in [6.45, 7) is 2.34. The number of hydrogen-bond acceptors (Lipinski definition) is 5. The van der Waals surface area contributed by atoms with Crippen LogP contribution in [0.3, 0.4) is 0 Å². The highest BCUT2D eigenvalue weighted by Gasteiger charge is 2.15. The van der Waals surface area contributed by atoms with Gasteiger partial charge in [-0.2, -0.15) is 0 Å². The van der Waals surface area contributed by atoms with Crippen molar-refractivity contribution < 1.29 is 9.57 Å². The van der Waals surface area contributed by atoms with Crippen molar-refractivity contribution in [2.24, 2.45) is 5.92 Å². The minimum Gasteiger partial charge on any atom is -0.381 e. The number of ether oxygens (including phenoxy) is 1. The molecule has 1 aromatic heterocycles. The SMILES string of the molecule is c1ccc2sc(NOCC3CCOC3)nc2c1. The molecule has 1 N–H and O–H groups in total. The number of nitrogens with one attached hydrogen (secondary N) is 1. The Labute approximate surface area is 104 Å². The van der Waals surface area contributed by atoms with E-state index in [1.165, 1.54) is 4.70 Å². The Morgan fingerprint density at radius 2 is 2.41 bits per heavy atom. The minimum atomic E-state index is 0.511. The van der Waals surface area contributed by atoms with Crippen LogP contribution in [0.25, 0.3) is 10.2 Å². The molecule has 0 spiro atoms. The smallest absolute Gasteiger partial charge is 0.208 e. The van der Waals surface area contributed by atoms with E-state index in [9.17, 15) is 0 Å². The van der Waals surface area contributed by atoms with Gasteiger partial charge in [0.25, 0.3) is 0 Å². The number of nitrogens with zero attached hydrogens (tertiary/aromatic N) is 1. The summed E-state index contributed by atoms with van der Waals surface area (Å²) in [5.41, 5.74) is 3.92. The second-order valence-corrected chi connectivity index (χ2v) is 5.16. The van der Waals surface area contributed by atoms with E-state index < -0.39 is 0 Å². The monoisotopic (exact) mass is 250 g/mol. The third-order valence-corrected chi connectivity index (χ3v) is 3.73. The van der Waals surface area contributed by atoms with Gasteiger partial charge in [-0.25, -0.2) is 10.5 Å². The molecule has 0 saturated carbocycles. The van der Waals surface area contributed by atoms with Crippen LogP contribution in [0.5, 0.6) is 0 Å². The number of rotatable bonds is 4. The van der Waals surface area contributed by atoms with Gasteiger partial charge in [-0.05, 0) is 18.6 Å². The van der Waals surface area contributed by atoms with Crippen LogP contribution in [0.1, 0.15) is 6.42 Å². The van der Waals surface area contributed by atoms with Gasteiger partial charge in [-0.1, -0.05) is 23.5 Å². The fraction of sp³-hybridized carbons (Fsp3) is 0.417. The number of aromatic nitrogens is 1. The molecule has 0 amide bonds. The van der Waals surface area contributed by atoms with Gasteiger partial charge in [-0.15, -0.1) is 0 Å². The van der Waals surface area contributed by atoms with Crippen LogP contribution < -0.4 is 5.48 Å². The number of para-hydroxylation sites is 1. The van der Waals surface area contributed by atoms with E-state index in [2.05, 4.69) is 16.5 Å². The molecule has 0 radical (unpaired) electrons. The maximum atomic E-state index is 5.45. The van der Waals surface area contributed by atoms with Crippen LogP contribution in [0.4, 0.5) is 5.13 Å². The molecule has 5 heteroatoms. The molecule has 1 fully saturated rings. The zero-order chi connectivity index (χ0) is 11.5. The summed E-state index contributed by atoms with van der Waals surface area (Å²) in [6.07, 6.45) is 1.08. The predicted molar refractivity (Wildman–Crippen MR) is 68.1 cm³/mol. The average Bonchev–Trinajstić information content (AvgIpc) is 2.96. The number of benzene rings is 1. The van der Waals surface area contributed by atoms with Crippen molar-refractivity contribution in [2.45, 2.75) is 6.42 Å². The predicted octanol–water partition coefficient (Wildman–Crippen LogP) is 2.68. The maximum Gasteiger partial charge on any atom is 0.208 e. The highest BCUT2D eigenvalue weighted by molar-refractivity contribution is 7.22. The Morgan fingerprint density at radius 1 is 1.47 bits per heavy atom. The molecule has 3 rings (SSSR count). The molecule has 1 unspecified atom stereocenters. The normalized spacial score (nSPS) is 19.9. The van der Waals surface area contributed by atoms with E-state index >= 15 is 0 Å². The van der Waals surface area contributed by atoms with E-state index in [1.54, 1.807) is 11.3 Å². The number of hydrogen-bond donors (Lipinski definition) is 1. The summed E-state index contributed by atoms with van der Waals surface area (Å²) in [5, 5.41) is 0.810. The number of thiazole rings is 1. The average molecular weight is 250 g/mol. The molecule has 1 aromatic carbocycles. The van der Waals surface area contributed by atoms with Crippen molar-refractivity contribution in [3.63, 3.8) is 0 Å². The second kappa shape index (κ2) is 5.00. The molecule has 2 aromatic rings. The molecule has 17 heavy (non-hydrogen) atoms. The zero-order valence-corrected chi connectivity index (χ0v) is 10.2. The molecule has 1 aliphatic heterocycles. The second-order valence-electron chi connectivity index (χ2n) is 4.13. The summed E-state index contributed by atoms with van der Waals surface area (Å²) < 4.78 is 6.46. The Bertz CT molecular complexity index is 461. The molecule has 0 aliphatic carbocycles. The van der Waals surface area contributed by atoms with Crippen LogP contribution in [0.2, 0.25) is 0 Å². The summed E-state index contributed by atoms with van der Waals surface area (Å²) in [7, 11) is 0. The first kappa shape index (κ1) is 11.0. The lowest BCUT2D eigenvalue weighted by Crippen LogP contribution is -2.12. The summed E-state index contributed by atoms with van der Waals surface area (Å²) in [4.78, 5) is 9.88. The van der Waals surface area contributed by atoms with E-state index in [4.69, 9.17) is 9.57 Å². The Balaban J connectivity index is 1.57. The molecule has 0 bridgehead atoms. The molecular formula is C12H14N2O2S. The number of fused-ring (bicyclic) bond motifs is 1. The summed E-state index contributed by atoms with van der Waals surface area (Å²) >= 11 is 1.60. The van der Waals surface area contributed by atoms with Crippen LogP contribution in [-0.4, -0.2) is 24.8 Å². The third-order valence-electron chi connectivity index (χ3n) is 2.80. The zero-order valence-electron chi connectivity index (χ0n) is 9.39. The van der Waals surface area contributed by atoms with Crippen molar-refractivity contribution in [2.75, 3.05) is 25.3 Å². The minimum absolute atomic E-state index is 0.511. The van der Waals surface area contributed by atoms with Crippen molar-refractivity contribution in [1.82, 2.24) is 4.98 Å². The Morgan fingerprint density at radius 3 is 3.24 bits per heavy atom. The van der Waals surface area contributed by atoms with Gasteiger partial charge in [0.2, 0.25) is 5.13 Å². The highest BCUT2D eigenvalue weighted by Crippen LogP contribution is 2.25. The first-order valence-electron chi connectivity index (χ1n) is 5.73. The fourth-order valence-electron chi connectivity index (χ4n) is 1.85. The van der Waals surface area contributed by atoms with Gasteiger partial charge in [0.15, 0.2) is 0 Å². The third kappa shape index (κ3) is 2.57. The van der Waals surface area contributed by atoms with E-state index in [1.807, 2.05) is 18.2 Å². The van der Waals surface area contributed by atoms with Gasteiger partial charge in [0.1, 0.15) is 0 Å². The standard InChI is InChI=1S/C12H14N2O2S/c1-2-4-11-10(3-1)13-12(17-11)14-16-8-9-5-6-15-7-9/h1-4,9H,5-8H2,(H,13,14). The van der Waals surface area contributed by atoms with Gasteiger partial charge < -0.3 is 4.74 Å². The summed E-state index contributed by atoms with van der Waals surface area (Å²) in [6, 6.07) is 8.06. The largest absolute Gasteiger partial charge is 0.381 e. The van der Waals surface area contributed by atoms with E-state index in [-0.39, 0.29) is 0 Å². The highest BCUT2D eigenvalue weighted by atomic mass is 32.1. The lowest BCUT2D eigenvalue weighted by Gasteiger charge is -2.07. The van der Waals surface area contributed by atoms with Crippen LogP contribution in [0, 0.1) is 5.92 Å². The van der Waals surface area contributed by atoms with Gasteiger partial charge in [-0.3, -0.25) is 4.84 Å². The van der Waals surface area contributed by atoms with Gasteiger partial charge in [0, 0.05) is 12.5 Å². The first-order valence-corrected chi connectivity index (χ1v) is 6.54. The Hall–Kier alpha value is -1.17. The first-order chi connectivity index (χ1) is 8.42. The molecular weight excluding hydrogens is 236 g/mol. The fourth-order valence-corrected chi connectivity index (χ4v) is 2.67. The lowest BCUT2D eigenvalue weighted by atomic mass is 10.1. The maximum absolute atomic E-state index is 5.45. The molecule has 1 aliphatic rings. The quantitative estimate of drug-likeness (QED) is 0.847. The van der Waals surface area contributed by atoms with Gasteiger partial charge in [0.05, 0.1) is 23.4 Å². The molecule has 1 atom stereocenters. The topological polar surface area (TPSA) is 43.4 Å². The summed E-state index contributed by atoms with van der Waals surface area (Å²) in [5.74, 6) is 0.511. The van der Waals surface area contributed by atoms with Gasteiger partial charge >= 0.3 is 0 Å². The number of anilines is 1. The van der Waals surface area contributed by atoms with Crippen LogP contribution in [-0.2, 0) is 9.57 Å². The van der Waals surface area contributed by atoms with Crippen molar-refractivity contribution in [1.29, 1.82) is 0 Å². The molecule has 2 heterocycles. The molecule has 4 nitrogen and oxygen atoms in total. The van der Waals surface area contributed by atoms with Crippen LogP contribution in [0.15, 0.2) is 24.3 Å². The van der Waals surface area contributed by atoms with Crippen molar-refractivity contribution >= 4 is 26.7 Å². The van der Waals surface area contributed by atoms with E-state index in [0.717, 1.165) is 30.3 Å². The lowest BCUT2D eigenvalue weighted by molar-refractivity contribution is 0.127. The molecule has 90 valence electrons.